The Kier molecular flexibility index (Phi) is 6.10. The number of Topliss-reactive ketones (excluding diaryl/α,β-unsaturated/α-hetero) is 1. The predicted molar refractivity (Wildman–Crippen MR) is 122 cm³/mol. The number of anilines is 2. The third kappa shape index (κ3) is 4.10. The minimum absolute atomic E-state index is 0.0401. The van der Waals surface area contributed by atoms with E-state index in [0.29, 0.717) is 28.2 Å². The minimum atomic E-state index is -1.55. The van der Waals surface area contributed by atoms with Crippen LogP contribution in [0.3, 0.4) is 0 Å². The Balaban J connectivity index is 1.89. The van der Waals surface area contributed by atoms with Crippen LogP contribution >= 0.6 is 0 Å². The number of hydrogen-bond acceptors (Lipinski definition) is 8. The molecule has 4 rings (SSSR count). The lowest BCUT2D eigenvalue weighted by Gasteiger charge is -2.31. The predicted octanol–water partition coefficient (Wildman–Crippen LogP) is 4.50. The zero-order chi connectivity index (χ0) is 24.1. The Morgan fingerprint density at radius 2 is 2.06 bits per heavy atom. The number of pyridine rings is 1. The highest BCUT2D eigenvalue weighted by Gasteiger charge is 2.47. The largest absolute Gasteiger partial charge is 0.356 e. The number of nitrogens with zero attached hydrogens (tertiary/aromatic N) is 7. The van der Waals surface area contributed by atoms with Crippen molar-refractivity contribution in [2.45, 2.75) is 12.8 Å². The zero-order valence-corrected chi connectivity index (χ0v) is 17.7. The molecule has 0 saturated heterocycles. The number of aromatic amines is 1. The molecular formula is C21H18N10O3. The molecular weight excluding hydrogens is 440 g/mol. The molecule has 1 amide bonds. The van der Waals surface area contributed by atoms with Crippen LogP contribution in [0.4, 0.5) is 17.2 Å². The number of benzene rings is 1. The van der Waals surface area contributed by atoms with Crippen LogP contribution < -0.4 is 11.2 Å². The van der Waals surface area contributed by atoms with Crippen LogP contribution in [0.2, 0.25) is 0 Å². The normalized spacial score (nSPS) is 17.1. The highest BCUT2D eigenvalue weighted by atomic mass is 16.3. The summed E-state index contributed by atoms with van der Waals surface area (Å²) in [5.74, 6) is 3.96. The standard InChI is InChI=1S/C21H18N10O3/c22-30-25-11-21(20(33)29-34)9-14-17(15(32)10-21)19(26-13-4-2-1-3-5-13)18(27-14)12-6-7-24-16(8-12)28-31-23/h1-8,26-27H,9-11H2,(H2,23,24,28). The number of amides is 1. The molecule has 13 nitrogen and oxygen atoms in total. The number of azide groups is 1. The van der Waals surface area contributed by atoms with E-state index in [1.165, 1.54) is 6.20 Å². The summed E-state index contributed by atoms with van der Waals surface area (Å²) in [4.78, 5) is 46.9. The van der Waals surface area contributed by atoms with Crippen LogP contribution in [0, 0.1) is 10.3 Å². The van der Waals surface area contributed by atoms with E-state index in [2.05, 4.69) is 40.8 Å². The number of para-hydroxylation sites is 1. The molecule has 170 valence electrons. The lowest BCUT2D eigenvalue weighted by atomic mass is 9.72. The number of nitrogens with one attached hydrogen (secondary N) is 2. The van der Waals surface area contributed by atoms with E-state index in [0.717, 1.165) is 5.69 Å². The van der Waals surface area contributed by atoms with Crippen LogP contribution in [0.25, 0.3) is 21.7 Å². The molecule has 1 atom stereocenters. The number of H-pyrrole nitrogens is 1. The Morgan fingerprint density at radius 1 is 1.26 bits per heavy atom. The molecule has 0 fully saturated rings. The Morgan fingerprint density at radius 3 is 2.76 bits per heavy atom. The van der Waals surface area contributed by atoms with Crippen molar-refractivity contribution in [3.63, 3.8) is 0 Å². The van der Waals surface area contributed by atoms with Gasteiger partial charge >= 0.3 is 0 Å². The molecule has 13 heteroatoms. The second kappa shape index (κ2) is 9.30. The fourth-order valence-electron chi connectivity index (χ4n) is 4.08. The van der Waals surface area contributed by atoms with Crippen molar-refractivity contribution in [3.05, 3.63) is 75.3 Å². The molecule has 0 aliphatic heterocycles. The molecule has 2 aromatic heterocycles. The Labute approximate surface area is 192 Å². The summed E-state index contributed by atoms with van der Waals surface area (Å²) in [5.41, 5.74) is 10.3. The lowest BCUT2D eigenvalue weighted by Crippen LogP contribution is -2.41. The van der Waals surface area contributed by atoms with Gasteiger partial charge < -0.3 is 16.1 Å². The van der Waals surface area contributed by atoms with Crippen molar-refractivity contribution in [2.75, 3.05) is 11.9 Å². The van der Waals surface area contributed by atoms with Crippen molar-refractivity contribution < 1.29 is 9.59 Å². The number of nitroso groups, excluding NO2 is 1. The summed E-state index contributed by atoms with van der Waals surface area (Å²) in [6, 6.07) is 12.5. The van der Waals surface area contributed by atoms with Gasteiger partial charge in [-0.05, 0) is 29.8 Å². The van der Waals surface area contributed by atoms with E-state index in [1.54, 1.807) is 12.1 Å². The van der Waals surface area contributed by atoms with Gasteiger partial charge in [0.15, 0.2) is 11.6 Å². The topological polar surface area (TPSA) is 204 Å². The smallest absolute Gasteiger partial charge is 0.293 e. The second-order valence-corrected chi connectivity index (χ2v) is 7.68. The number of carbonyl (C=O) groups is 2. The molecule has 0 bridgehead atoms. The van der Waals surface area contributed by atoms with E-state index in [1.807, 2.05) is 30.3 Å². The summed E-state index contributed by atoms with van der Waals surface area (Å²) in [5, 5.41) is 16.3. The third-order valence-electron chi connectivity index (χ3n) is 5.58. The van der Waals surface area contributed by atoms with Gasteiger partial charge in [-0.15, -0.1) is 10.0 Å². The SMILES string of the molecule is [N-]=[N+]=NCC1(C(=O)N=O)CC(=O)c2c([nH]c(-c3ccnc(N=NN)c3)c2Nc2ccccc2)C1. The number of aromatic nitrogens is 2. The van der Waals surface area contributed by atoms with Gasteiger partial charge in [0.2, 0.25) is 0 Å². The van der Waals surface area contributed by atoms with Gasteiger partial charge in [-0.2, -0.15) is 0 Å². The first-order valence-corrected chi connectivity index (χ1v) is 10.1. The molecule has 0 spiro atoms. The van der Waals surface area contributed by atoms with Crippen molar-refractivity contribution in [1.29, 1.82) is 0 Å². The summed E-state index contributed by atoms with van der Waals surface area (Å²) in [6.07, 6.45) is 1.15. The van der Waals surface area contributed by atoms with Crippen LogP contribution in [0.1, 0.15) is 22.5 Å². The minimum Gasteiger partial charge on any atom is -0.356 e. The fourth-order valence-corrected chi connectivity index (χ4v) is 4.08. The van der Waals surface area contributed by atoms with E-state index < -0.39 is 17.1 Å². The number of fused-ring (bicyclic) bond motifs is 1. The highest BCUT2D eigenvalue weighted by molar-refractivity contribution is 6.10. The van der Waals surface area contributed by atoms with Gasteiger partial charge in [-0.3, -0.25) is 9.59 Å². The number of rotatable bonds is 7. The molecule has 1 unspecified atom stereocenters. The molecule has 2 heterocycles. The number of nitrogens with two attached hydrogens (primary N) is 1. The Hall–Kier alpha value is -4.90. The van der Waals surface area contributed by atoms with Gasteiger partial charge in [0, 0.05) is 52.6 Å². The van der Waals surface area contributed by atoms with Crippen molar-refractivity contribution in [1.82, 2.24) is 9.97 Å². The average Bonchev–Trinajstić information content (AvgIpc) is 3.21. The summed E-state index contributed by atoms with van der Waals surface area (Å²) < 4.78 is 0. The van der Waals surface area contributed by atoms with E-state index in [-0.39, 0.29) is 25.2 Å². The molecule has 34 heavy (non-hydrogen) atoms. The maximum absolute atomic E-state index is 13.4. The number of hydrogen-bond donors (Lipinski definition) is 3. The first kappa shape index (κ1) is 22.3. The molecule has 1 aliphatic carbocycles. The lowest BCUT2D eigenvalue weighted by molar-refractivity contribution is -0.127. The highest BCUT2D eigenvalue weighted by Crippen LogP contribution is 2.44. The zero-order valence-electron chi connectivity index (χ0n) is 17.7. The first-order chi connectivity index (χ1) is 16.5. The van der Waals surface area contributed by atoms with Gasteiger partial charge in [0.05, 0.1) is 22.4 Å². The third-order valence-corrected chi connectivity index (χ3v) is 5.58. The summed E-state index contributed by atoms with van der Waals surface area (Å²) in [6.45, 7) is -0.370. The fraction of sp³-hybridized carbons (Fsp3) is 0.190. The molecule has 1 aliphatic rings. The Bertz CT molecular complexity index is 1340. The quantitative estimate of drug-likeness (QED) is 0.116. The van der Waals surface area contributed by atoms with Gasteiger partial charge in [-0.25, -0.2) is 4.98 Å². The van der Waals surface area contributed by atoms with Crippen LogP contribution in [0.15, 0.2) is 69.3 Å². The first-order valence-electron chi connectivity index (χ1n) is 10.1. The summed E-state index contributed by atoms with van der Waals surface area (Å²) in [7, 11) is 0. The van der Waals surface area contributed by atoms with Crippen LogP contribution in [0.5, 0.6) is 0 Å². The van der Waals surface area contributed by atoms with Crippen molar-refractivity contribution >= 4 is 28.9 Å². The van der Waals surface area contributed by atoms with E-state index in [4.69, 9.17) is 11.4 Å². The van der Waals surface area contributed by atoms with Crippen LogP contribution in [-0.4, -0.2) is 28.2 Å². The maximum Gasteiger partial charge on any atom is 0.293 e. The molecule has 0 saturated carbocycles. The van der Waals surface area contributed by atoms with Gasteiger partial charge in [-0.1, -0.05) is 28.5 Å². The molecule has 0 radical (unpaired) electrons. The average molecular weight is 458 g/mol. The number of ketones is 1. The van der Waals surface area contributed by atoms with E-state index >= 15 is 0 Å². The number of carbonyl (C=O) groups excluding carboxylic acids is 2. The van der Waals surface area contributed by atoms with E-state index in [9.17, 15) is 14.5 Å². The maximum atomic E-state index is 13.4. The molecule has 1 aromatic carbocycles. The van der Waals surface area contributed by atoms with Crippen molar-refractivity contribution in [3.8, 4) is 11.3 Å². The second-order valence-electron chi connectivity index (χ2n) is 7.68. The van der Waals surface area contributed by atoms with Crippen LogP contribution in [-0.2, 0) is 11.2 Å². The summed E-state index contributed by atoms with van der Waals surface area (Å²) >= 11 is 0. The van der Waals surface area contributed by atoms with Gasteiger partial charge in [0.25, 0.3) is 5.91 Å². The van der Waals surface area contributed by atoms with Crippen molar-refractivity contribution in [2.24, 2.45) is 31.9 Å². The molecule has 4 N–H and O–H groups in total. The molecule has 3 aromatic rings. The van der Waals surface area contributed by atoms with Gasteiger partial charge in [0.1, 0.15) is 0 Å². The monoisotopic (exact) mass is 458 g/mol.